The van der Waals surface area contributed by atoms with E-state index in [-0.39, 0.29) is 5.91 Å². The lowest BCUT2D eigenvalue weighted by molar-refractivity contribution is -0.132. The zero-order chi connectivity index (χ0) is 15.6. The number of hydrogen-bond acceptors (Lipinski definition) is 5. The summed E-state index contributed by atoms with van der Waals surface area (Å²) >= 11 is 3.42. The first kappa shape index (κ1) is 15.2. The molecular formula is C16H20N4OS2. The summed E-state index contributed by atoms with van der Waals surface area (Å²) in [6.45, 7) is 0.880. The van der Waals surface area contributed by atoms with Crippen molar-refractivity contribution in [3.05, 3.63) is 28.2 Å². The maximum Gasteiger partial charge on any atom is 0.223 e. The molecule has 0 radical (unpaired) electrons. The van der Waals surface area contributed by atoms with Crippen LogP contribution in [-0.4, -0.2) is 38.0 Å². The molecule has 0 atom stereocenters. The van der Waals surface area contributed by atoms with Crippen molar-refractivity contribution in [1.82, 2.24) is 19.7 Å². The fraction of sp³-hybridized carbons (Fsp3) is 0.562. The highest BCUT2D eigenvalue weighted by Gasteiger charge is 2.30. The first-order valence-corrected chi connectivity index (χ1v) is 10.0. The number of nitrogens with zero attached hydrogens (tertiary/aromatic N) is 4. The molecule has 23 heavy (non-hydrogen) atoms. The number of carbonyl (C=O) groups is 1. The fourth-order valence-electron chi connectivity index (χ4n) is 2.93. The number of aromatic nitrogens is 3. The molecule has 2 fully saturated rings. The van der Waals surface area contributed by atoms with Crippen molar-refractivity contribution in [2.24, 2.45) is 0 Å². The van der Waals surface area contributed by atoms with Crippen molar-refractivity contribution in [3.63, 3.8) is 0 Å². The van der Waals surface area contributed by atoms with Crippen molar-refractivity contribution in [1.29, 1.82) is 0 Å². The van der Waals surface area contributed by atoms with Crippen LogP contribution in [0.15, 0.2) is 22.7 Å². The molecule has 2 aromatic heterocycles. The normalized spacial score (nSPS) is 18.6. The standard InChI is InChI=1S/C16H20N4OS2/c21-15-5-1-2-8-19(15)11-23-16-18-17-14(20(16)12-6-7-12)10-13-4-3-9-22-13/h3-4,9,12H,1-2,5-8,10-11H2. The molecule has 2 aromatic rings. The lowest BCUT2D eigenvalue weighted by Crippen LogP contribution is -2.34. The zero-order valence-electron chi connectivity index (χ0n) is 13.0. The van der Waals surface area contributed by atoms with Crippen LogP contribution < -0.4 is 0 Å². The van der Waals surface area contributed by atoms with E-state index in [9.17, 15) is 4.79 Å². The number of hydrogen-bond donors (Lipinski definition) is 0. The van der Waals surface area contributed by atoms with Gasteiger partial charge in [0.25, 0.3) is 0 Å². The van der Waals surface area contributed by atoms with Crippen LogP contribution in [0.2, 0.25) is 0 Å². The summed E-state index contributed by atoms with van der Waals surface area (Å²) < 4.78 is 2.30. The number of carbonyl (C=O) groups excluding carboxylic acids is 1. The maximum atomic E-state index is 11.9. The Kier molecular flexibility index (Phi) is 4.39. The Labute approximate surface area is 144 Å². The van der Waals surface area contributed by atoms with Crippen LogP contribution in [0.1, 0.15) is 48.8 Å². The van der Waals surface area contributed by atoms with Crippen molar-refractivity contribution >= 4 is 29.0 Å². The van der Waals surface area contributed by atoms with Gasteiger partial charge in [0.05, 0.1) is 5.88 Å². The summed E-state index contributed by atoms with van der Waals surface area (Å²) in [5.41, 5.74) is 0. The van der Waals surface area contributed by atoms with E-state index in [1.165, 1.54) is 17.7 Å². The van der Waals surface area contributed by atoms with Gasteiger partial charge in [0, 0.05) is 30.3 Å². The molecule has 1 saturated heterocycles. The smallest absolute Gasteiger partial charge is 0.223 e. The molecule has 1 aliphatic carbocycles. The van der Waals surface area contributed by atoms with Crippen LogP contribution >= 0.6 is 23.1 Å². The summed E-state index contributed by atoms with van der Waals surface area (Å²) in [7, 11) is 0. The van der Waals surface area contributed by atoms with Crippen LogP contribution in [0.4, 0.5) is 0 Å². The Morgan fingerprint density at radius 1 is 1.30 bits per heavy atom. The number of thioether (sulfide) groups is 1. The van der Waals surface area contributed by atoms with Gasteiger partial charge in [-0.15, -0.1) is 21.5 Å². The maximum absolute atomic E-state index is 11.9. The van der Waals surface area contributed by atoms with E-state index < -0.39 is 0 Å². The Morgan fingerprint density at radius 3 is 2.96 bits per heavy atom. The minimum Gasteiger partial charge on any atom is -0.333 e. The molecule has 1 aliphatic heterocycles. The van der Waals surface area contributed by atoms with E-state index in [2.05, 4.69) is 32.3 Å². The molecule has 1 amide bonds. The van der Waals surface area contributed by atoms with E-state index in [4.69, 9.17) is 0 Å². The topological polar surface area (TPSA) is 51.0 Å². The third-order valence-corrected chi connectivity index (χ3v) is 6.18. The van der Waals surface area contributed by atoms with Crippen LogP contribution in [0.3, 0.4) is 0 Å². The predicted molar refractivity (Wildman–Crippen MR) is 91.7 cm³/mol. The molecule has 0 aromatic carbocycles. The van der Waals surface area contributed by atoms with Gasteiger partial charge < -0.3 is 9.47 Å². The summed E-state index contributed by atoms with van der Waals surface area (Å²) in [5.74, 6) is 2.03. The van der Waals surface area contributed by atoms with Gasteiger partial charge in [-0.2, -0.15) is 0 Å². The van der Waals surface area contributed by atoms with Crippen molar-refractivity contribution < 1.29 is 4.79 Å². The summed E-state index contributed by atoms with van der Waals surface area (Å²) in [6.07, 6.45) is 6.12. The fourth-order valence-corrected chi connectivity index (χ4v) is 4.67. The Balaban J connectivity index is 1.47. The average molecular weight is 348 g/mol. The third kappa shape index (κ3) is 3.45. The molecule has 0 unspecified atom stereocenters. The SMILES string of the molecule is O=C1CCCCN1CSc1nnc(Cc2cccs2)n1C1CC1. The highest BCUT2D eigenvalue weighted by atomic mass is 32.2. The van der Waals surface area contributed by atoms with E-state index in [0.29, 0.717) is 18.3 Å². The third-order valence-electron chi connectivity index (χ3n) is 4.33. The van der Waals surface area contributed by atoms with Crippen molar-refractivity contribution in [2.75, 3.05) is 12.4 Å². The first-order chi connectivity index (χ1) is 11.3. The minimum atomic E-state index is 0.278. The van der Waals surface area contributed by atoms with E-state index in [1.54, 1.807) is 23.1 Å². The second-order valence-electron chi connectivity index (χ2n) is 6.14. The molecule has 2 aliphatic rings. The summed E-state index contributed by atoms with van der Waals surface area (Å²) in [4.78, 5) is 15.2. The van der Waals surface area contributed by atoms with Gasteiger partial charge >= 0.3 is 0 Å². The highest BCUT2D eigenvalue weighted by Crippen LogP contribution is 2.39. The molecule has 7 heteroatoms. The number of piperidine rings is 1. The second kappa shape index (κ2) is 6.65. The van der Waals surface area contributed by atoms with Gasteiger partial charge in [-0.1, -0.05) is 17.8 Å². The Hall–Kier alpha value is -1.34. The molecular weight excluding hydrogens is 328 g/mol. The Bertz CT molecular complexity index is 678. The van der Waals surface area contributed by atoms with E-state index in [0.717, 1.165) is 36.8 Å². The average Bonchev–Trinajstić information content (AvgIpc) is 3.11. The highest BCUT2D eigenvalue weighted by molar-refractivity contribution is 7.99. The number of amides is 1. The predicted octanol–water partition coefficient (Wildman–Crippen LogP) is 3.33. The van der Waals surface area contributed by atoms with E-state index in [1.807, 2.05) is 4.90 Å². The number of rotatable bonds is 6. The molecule has 122 valence electrons. The molecule has 4 rings (SSSR count). The van der Waals surface area contributed by atoms with Crippen LogP contribution in [0.5, 0.6) is 0 Å². The largest absolute Gasteiger partial charge is 0.333 e. The van der Waals surface area contributed by atoms with Crippen molar-refractivity contribution in [2.45, 2.75) is 49.7 Å². The zero-order valence-corrected chi connectivity index (χ0v) is 14.6. The van der Waals surface area contributed by atoms with Gasteiger partial charge in [0.1, 0.15) is 5.82 Å². The Morgan fingerprint density at radius 2 is 2.22 bits per heavy atom. The molecule has 0 N–H and O–H groups in total. The lowest BCUT2D eigenvalue weighted by Gasteiger charge is -2.26. The summed E-state index contributed by atoms with van der Waals surface area (Å²) in [6, 6.07) is 4.78. The minimum absolute atomic E-state index is 0.278. The van der Waals surface area contributed by atoms with Crippen LogP contribution in [-0.2, 0) is 11.2 Å². The van der Waals surface area contributed by atoms with E-state index >= 15 is 0 Å². The van der Waals surface area contributed by atoms with Crippen molar-refractivity contribution in [3.8, 4) is 0 Å². The van der Waals surface area contributed by atoms with Gasteiger partial charge in [-0.3, -0.25) is 4.79 Å². The molecule has 0 spiro atoms. The number of likely N-dealkylation sites (tertiary alicyclic amines) is 1. The summed E-state index contributed by atoms with van der Waals surface area (Å²) in [5, 5.41) is 11.9. The second-order valence-corrected chi connectivity index (χ2v) is 8.09. The first-order valence-electron chi connectivity index (χ1n) is 8.18. The monoisotopic (exact) mass is 348 g/mol. The quantitative estimate of drug-likeness (QED) is 0.752. The molecule has 0 bridgehead atoms. The number of thiophene rings is 1. The molecule has 5 nitrogen and oxygen atoms in total. The lowest BCUT2D eigenvalue weighted by atomic mass is 10.1. The van der Waals surface area contributed by atoms with Gasteiger partial charge in [0.15, 0.2) is 5.16 Å². The van der Waals surface area contributed by atoms with Gasteiger partial charge in [-0.25, -0.2) is 0 Å². The van der Waals surface area contributed by atoms with Gasteiger partial charge in [-0.05, 0) is 37.1 Å². The van der Waals surface area contributed by atoms with Crippen LogP contribution in [0, 0.1) is 0 Å². The van der Waals surface area contributed by atoms with Gasteiger partial charge in [0.2, 0.25) is 5.91 Å². The molecule has 3 heterocycles. The molecule has 1 saturated carbocycles. The van der Waals surface area contributed by atoms with Crippen LogP contribution in [0.25, 0.3) is 0 Å².